The molecule has 0 amide bonds. The van der Waals surface area contributed by atoms with Crippen LogP contribution < -0.4 is 4.90 Å². The van der Waals surface area contributed by atoms with Gasteiger partial charge in [0.15, 0.2) is 5.65 Å². The molecule has 0 bridgehead atoms. The second kappa shape index (κ2) is 5.66. The Bertz CT molecular complexity index is 1010. The standard InChI is InChI=1S/C18H16F3N5O/c19-18(20,21)16-23-22-14-5-6-15(24-26(14)16)25-9-10-27-17(11-25)8-7-12-3-1-2-4-13(12)17/h1-6H,7-11H2. The minimum absolute atomic E-state index is 0.0697. The van der Waals surface area contributed by atoms with Crippen molar-refractivity contribution in [2.75, 3.05) is 24.6 Å². The maximum atomic E-state index is 13.1. The average Bonchev–Trinajstić information content (AvgIpc) is 3.24. The molecule has 2 aromatic heterocycles. The number of morpholine rings is 1. The maximum Gasteiger partial charge on any atom is 0.453 e. The zero-order valence-electron chi connectivity index (χ0n) is 14.3. The summed E-state index contributed by atoms with van der Waals surface area (Å²) in [5.41, 5.74) is 2.06. The molecular formula is C18H16F3N5O. The van der Waals surface area contributed by atoms with Gasteiger partial charge < -0.3 is 9.64 Å². The summed E-state index contributed by atoms with van der Waals surface area (Å²) in [6, 6.07) is 11.4. The van der Waals surface area contributed by atoms with Crippen LogP contribution in [0.1, 0.15) is 23.4 Å². The Hall–Kier alpha value is -2.68. The lowest BCUT2D eigenvalue weighted by molar-refractivity contribution is -0.146. The molecule has 2 aliphatic rings. The molecule has 27 heavy (non-hydrogen) atoms. The Balaban J connectivity index is 1.52. The molecule has 1 aliphatic carbocycles. The second-order valence-corrected chi connectivity index (χ2v) is 6.90. The summed E-state index contributed by atoms with van der Waals surface area (Å²) in [6.07, 6.45) is -2.83. The monoisotopic (exact) mass is 375 g/mol. The van der Waals surface area contributed by atoms with E-state index in [1.807, 2.05) is 17.0 Å². The van der Waals surface area contributed by atoms with Crippen LogP contribution in [-0.2, 0) is 22.9 Å². The van der Waals surface area contributed by atoms with Gasteiger partial charge in [0, 0.05) is 6.54 Å². The van der Waals surface area contributed by atoms with Crippen LogP contribution in [0.4, 0.5) is 19.0 Å². The number of halogens is 3. The Morgan fingerprint density at radius 1 is 1.07 bits per heavy atom. The highest BCUT2D eigenvalue weighted by atomic mass is 19.4. The van der Waals surface area contributed by atoms with E-state index in [2.05, 4.69) is 27.4 Å². The van der Waals surface area contributed by atoms with Crippen LogP contribution in [0.3, 0.4) is 0 Å². The average molecular weight is 375 g/mol. The van der Waals surface area contributed by atoms with Crippen LogP contribution in [0, 0.1) is 0 Å². The van der Waals surface area contributed by atoms with E-state index in [-0.39, 0.29) is 5.65 Å². The molecule has 1 aliphatic heterocycles. The number of benzene rings is 1. The lowest BCUT2D eigenvalue weighted by atomic mass is 9.93. The van der Waals surface area contributed by atoms with Crippen LogP contribution >= 0.6 is 0 Å². The maximum absolute atomic E-state index is 13.1. The number of ether oxygens (including phenoxy) is 1. The summed E-state index contributed by atoms with van der Waals surface area (Å²) < 4.78 is 46.3. The van der Waals surface area contributed by atoms with Crippen molar-refractivity contribution >= 4 is 11.5 Å². The summed E-state index contributed by atoms with van der Waals surface area (Å²) in [5.74, 6) is -0.659. The molecule has 1 unspecified atom stereocenters. The van der Waals surface area contributed by atoms with Crippen LogP contribution in [0.15, 0.2) is 36.4 Å². The molecular weight excluding hydrogens is 359 g/mol. The largest absolute Gasteiger partial charge is 0.453 e. The van der Waals surface area contributed by atoms with Crippen LogP contribution in [-0.4, -0.2) is 39.5 Å². The van der Waals surface area contributed by atoms with Crippen LogP contribution in [0.2, 0.25) is 0 Å². The molecule has 3 aromatic rings. The molecule has 1 spiro atoms. The summed E-state index contributed by atoms with van der Waals surface area (Å²) in [7, 11) is 0. The van der Waals surface area contributed by atoms with Gasteiger partial charge in [-0.25, -0.2) is 0 Å². The van der Waals surface area contributed by atoms with E-state index in [4.69, 9.17) is 4.74 Å². The van der Waals surface area contributed by atoms with E-state index in [0.29, 0.717) is 25.5 Å². The Kier molecular flexibility index (Phi) is 3.45. The van der Waals surface area contributed by atoms with Crippen molar-refractivity contribution in [2.45, 2.75) is 24.6 Å². The zero-order valence-corrected chi connectivity index (χ0v) is 14.3. The zero-order chi connectivity index (χ0) is 18.6. The number of hydrogen-bond donors (Lipinski definition) is 0. The fraction of sp³-hybridized carbons (Fsp3) is 0.389. The number of nitrogens with zero attached hydrogens (tertiary/aromatic N) is 5. The van der Waals surface area contributed by atoms with Crippen molar-refractivity contribution in [3.05, 3.63) is 53.3 Å². The molecule has 140 valence electrons. The van der Waals surface area contributed by atoms with Crippen molar-refractivity contribution in [3.63, 3.8) is 0 Å². The fourth-order valence-electron chi connectivity index (χ4n) is 4.07. The lowest BCUT2D eigenvalue weighted by Gasteiger charge is -2.41. The predicted octanol–water partition coefficient (Wildman–Crippen LogP) is 2.82. The van der Waals surface area contributed by atoms with Crippen molar-refractivity contribution in [1.29, 1.82) is 0 Å². The molecule has 3 heterocycles. The highest BCUT2D eigenvalue weighted by molar-refractivity contribution is 5.48. The summed E-state index contributed by atoms with van der Waals surface area (Å²) in [4.78, 5) is 1.98. The molecule has 0 saturated carbocycles. The van der Waals surface area contributed by atoms with Crippen molar-refractivity contribution in [1.82, 2.24) is 19.8 Å². The number of fused-ring (bicyclic) bond motifs is 3. The molecule has 1 fully saturated rings. The van der Waals surface area contributed by atoms with Gasteiger partial charge in [0.2, 0.25) is 0 Å². The third-order valence-electron chi connectivity index (χ3n) is 5.32. The van der Waals surface area contributed by atoms with E-state index in [9.17, 15) is 13.2 Å². The fourth-order valence-corrected chi connectivity index (χ4v) is 4.07. The Morgan fingerprint density at radius 3 is 2.78 bits per heavy atom. The Morgan fingerprint density at radius 2 is 1.93 bits per heavy atom. The second-order valence-electron chi connectivity index (χ2n) is 6.90. The first-order valence-electron chi connectivity index (χ1n) is 8.73. The van der Waals surface area contributed by atoms with Gasteiger partial charge in [-0.2, -0.15) is 17.7 Å². The van der Waals surface area contributed by atoms with Gasteiger partial charge in [-0.1, -0.05) is 24.3 Å². The smallest absolute Gasteiger partial charge is 0.367 e. The molecule has 1 aromatic carbocycles. The van der Waals surface area contributed by atoms with E-state index in [0.717, 1.165) is 22.9 Å². The van der Waals surface area contributed by atoms with Gasteiger partial charge >= 0.3 is 6.18 Å². The number of aromatic nitrogens is 4. The minimum Gasteiger partial charge on any atom is -0.367 e. The van der Waals surface area contributed by atoms with Crippen molar-refractivity contribution in [3.8, 4) is 0 Å². The highest BCUT2D eigenvalue weighted by Crippen LogP contribution is 2.42. The van der Waals surface area contributed by atoms with E-state index in [1.165, 1.54) is 11.6 Å². The molecule has 9 heteroatoms. The van der Waals surface area contributed by atoms with Crippen molar-refractivity contribution < 1.29 is 17.9 Å². The van der Waals surface area contributed by atoms with Gasteiger partial charge in [-0.15, -0.1) is 15.3 Å². The number of aryl methyl sites for hydroxylation is 1. The van der Waals surface area contributed by atoms with E-state index >= 15 is 0 Å². The first-order valence-corrected chi connectivity index (χ1v) is 8.73. The molecule has 0 radical (unpaired) electrons. The van der Waals surface area contributed by atoms with Crippen LogP contribution in [0.25, 0.3) is 5.65 Å². The minimum atomic E-state index is -4.61. The lowest BCUT2D eigenvalue weighted by Crippen LogP contribution is -2.49. The van der Waals surface area contributed by atoms with E-state index in [1.54, 1.807) is 6.07 Å². The predicted molar refractivity (Wildman–Crippen MR) is 90.4 cm³/mol. The number of rotatable bonds is 1. The molecule has 5 rings (SSSR count). The third kappa shape index (κ3) is 2.56. The first kappa shape index (κ1) is 16.5. The third-order valence-corrected chi connectivity index (χ3v) is 5.32. The molecule has 0 N–H and O–H groups in total. The summed E-state index contributed by atoms with van der Waals surface area (Å²) in [5, 5.41) is 11.0. The van der Waals surface area contributed by atoms with Gasteiger partial charge in [0.25, 0.3) is 5.82 Å². The number of alkyl halides is 3. The number of hydrogen-bond acceptors (Lipinski definition) is 5. The quantitative estimate of drug-likeness (QED) is 0.655. The van der Waals surface area contributed by atoms with Gasteiger partial charge in [-0.05, 0) is 36.1 Å². The van der Waals surface area contributed by atoms with Crippen molar-refractivity contribution in [2.24, 2.45) is 0 Å². The summed E-state index contributed by atoms with van der Waals surface area (Å²) in [6.45, 7) is 1.60. The Labute approximate surface area is 152 Å². The van der Waals surface area contributed by atoms with E-state index < -0.39 is 17.6 Å². The van der Waals surface area contributed by atoms with Gasteiger partial charge in [0.1, 0.15) is 11.4 Å². The topological polar surface area (TPSA) is 55.5 Å². The normalized spacial score (nSPS) is 22.6. The molecule has 1 saturated heterocycles. The first-order chi connectivity index (χ1) is 13.0. The molecule has 1 atom stereocenters. The summed E-state index contributed by atoms with van der Waals surface area (Å²) >= 11 is 0. The highest BCUT2D eigenvalue weighted by Gasteiger charge is 2.44. The van der Waals surface area contributed by atoms with Crippen LogP contribution in [0.5, 0.6) is 0 Å². The van der Waals surface area contributed by atoms with Gasteiger partial charge in [-0.3, -0.25) is 0 Å². The SMILES string of the molecule is FC(F)(F)c1nnc2ccc(N3CCOC4(CCc5ccccc54)C3)nn12. The van der Waals surface area contributed by atoms with Gasteiger partial charge in [0.05, 0.1) is 13.2 Å². The number of anilines is 1. The molecule has 6 nitrogen and oxygen atoms in total.